The minimum absolute atomic E-state index is 0.115. The van der Waals surface area contributed by atoms with Gasteiger partial charge < -0.3 is 34.6 Å². The number of carbonyl (C=O) groups excluding carboxylic acids is 4. The summed E-state index contributed by atoms with van der Waals surface area (Å²) < 4.78 is 16.1. The van der Waals surface area contributed by atoms with Gasteiger partial charge in [0.1, 0.15) is 24.2 Å². The SMILES string of the molecule is CCCCCCCC(=O)CC[C@@H]1[C@@H](C/C=C\CCCC(=O)NC(C)C(=O)Oc2ccc(/C=C/C(=O)Oc3cccc(CO[N+](=O)[O-])c3)cc2OC)[C@@H](O)C[C@H]1O. The van der Waals surface area contributed by atoms with E-state index in [-0.39, 0.29) is 53.8 Å². The molecule has 14 heteroatoms. The van der Waals surface area contributed by atoms with Crippen LogP contribution in [-0.4, -0.2) is 64.3 Å². The third kappa shape index (κ3) is 16.3. The van der Waals surface area contributed by atoms with Gasteiger partial charge in [0, 0.05) is 25.3 Å². The first-order valence-corrected chi connectivity index (χ1v) is 19.4. The summed E-state index contributed by atoms with van der Waals surface area (Å²) in [6.45, 7) is 3.38. The van der Waals surface area contributed by atoms with Crippen LogP contribution < -0.4 is 19.5 Å². The number of ketones is 1. The van der Waals surface area contributed by atoms with Crippen molar-refractivity contribution < 1.29 is 53.5 Å². The van der Waals surface area contributed by atoms with E-state index in [0.29, 0.717) is 56.1 Å². The number of allylic oxidation sites excluding steroid dienone is 2. The van der Waals surface area contributed by atoms with Crippen molar-refractivity contribution >= 4 is 29.7 Å². The molecule has 3 N–H and O–H groups in total. The van der Waals surface area contributed by atoms with Gasteiger partial charge in [-0.05, 0) is 98.8 Å². The zero-order valence-electron chi connectivity index (χ0n) is 32.6. The molecular weight excluding hydrogens is 724 g/mol. The minimum atomic E-state index is -0.943. The van der Waals surface area contributed by atoms with E-state index in [1.165, 1.54) is 50.8 Å². The van der Waals surface area contributed by atoms with Gasteiger partial charge in [0.2, 0.25) is 5.91 Å². The molecule has 306 valence electrons. The third-order valence-electron chi connectivity index (χ3n) is 9.68. The van der Waals surface area contributed by atoms with Gasteiger partial charge in [-0.2, -0.15) is 0 Å². The molecule has 0 saturated heterocycles. The van der Waals surface area contributed by atoms with E-state index in [0.717, 1.165) is 25.7 Å². The molecule has 0 aliphatic heterocycles. The molecule has 14 nitrogen and oxygen atoms in total. The van der Waals surface area contributed by atoms with Crippen LogP contribution in [0.3, 0.4) is 0 Å². The van der Waals surface area contributed by atoms with Gasteiger partial charge in [0.25, 0.3) is 5.09 Å². The number of hydrogen-bond donors (Lipinski definition) is 3. The molecule has 1 fully saturated rings. The maximum absolute atomic E-state index is 12.8. The largest absolute Gasteiger partial charge is 0.493 e. The van der Waals surface area contributed by atoms with Crippen molar-refractivity contribution in [2.45, 2.75) is 122 Å². The second-order valence-corrected chi connectivity index (χ2v) is 14.1. The number of nitrogens with zero attached hydrogens (tertiary/aromatic N) is 1. The quantitative estimate of drug-likeness (QED) is 0.0185. The molecular formula is C42H56N2O12. The topological polar surface area (TPSA) is 201 Å². The number of benzene rings is 2. The Morgan fingerprint density at radius 3 is 2.45 bits per heavy atom. The van der Waals surface area contributed by atoms with Crippen LogP contribution in [0.15, 0.2) is 60.7 Å². The predicted molar refractivity (Wildman–Crippen MR) is 208 cm³/mol. The fourth-order valence-corrected chi connectivity index (χ4v) is 6.62. The highest BCUT2D eigenvalue weighted by molar-refractivity contribution is 5.89. The lowest BCUT2D eigenvalue weighted by Crippen LogP contribution is -2.40. The van der Waals surface area contributed by atoms with E-state index < -0.39 is 35.3 Å². The zero-order valence-corrected chi connectivity index (χ0v) is 32.6. The number of aliphatic hydroxyl groups excluding tert-OH is 2. The van der Waals surface area contributed by atoms with Gasteiger partial charge in [-0.1, -0.05) is 63.0 Å². The molecule has 2 aromatic carbocycles. The summed E-state index contributed by atoms with van der Waals surface area (Å²) >= 11 is 0. The summed E-state index contributed by atoms with van der Waals surface area (Å²) in [6, 6.07) is 9.81. The molecule has 0 radical (unpaired) electrons. The Bertz CT molecular complexity index is 1660. The molecule has 0 heterocycles. The van der Waals surface area contributed by atoms with Crippen LogP contribution >= 0.6 is 0 Å². The van der Waals surface area contributed by atoms with E-state index in [1.54, 1.807) is 24.3 Å². The number of ether oxygens (including phenoxy) is 3. The summed E-state index contributed by atoms with van der Waals surface area (Å²) in [5.41, 5.74) is 0.983. The molecule has 3 rings (SSSR count). The average Bonchev–Trinajstić information content (AvgIpc) is 3.44. The number of carbonyl (C=O) groups is 4. The zero-order chi connectivity index (χ0) is 40.9. The molecule has 2 aromatic rings. The van der Waals surface area contributed by atoms with Crippen molar-refractivity contribution in [2.75, 3.05) is 7.11 Å². The van der Waals surface area contributed by atoms with Gasteiger partial charge in [-0.25, -0.2) is 9.59 Å². The highest BCUT2D eigenvalue weighted by atomic mass is 16.9. The van der Waals surface area contributed by atoms with Crippen LogP contribution in [0.1, 0.15) is 108 Å². The van der Waals surface area contributed by atoms with Crippen molar-refractivity contribution in [1.82, 2.24) is 5.32 Å². The van der Waals surface area contributed by atoms with Gasteiger partial charge in [0.05, 0.1) is 19.3 Å². The van der Waals surface area contributed by atoms with Crippen molar-refractivity contribution in [3.8, 4) is 17.2 Å². The number of amides is 1. The first kappa shape index (κ1) is 45.3. The number of rotatable bonds is 25. The van der Waals surface area contributed by atoms with Crippen LogP contribution in [0, 0.1) is 22.0 Å². The first-order chi connectivity index (χ1) is 26.9. The molecule has 1 amide bonds. The van der Waals surface area contributed by atoms with Crippen LogP contribution in [0.5, 0.6) is 17.2 Å². The van der Waals surface area contributed by atoms with Gasteiger partial charge in [-0.15, -0.1) is 10.1 Å². The van der Waals surface area contributed by atoms with Crippen molar-refractivity contribution in [2.24, 2.45) is 11.8 Å². The lowest BCUT2D eigenvalue weighted by Gasteiger charge is -2.22. The van der Waals surface area contributed by atoms with Crippen molar-refractivity contribution in [1.29, 1.82) is 0 Å². The molecule has 1 aliphatic rings. The normalized spacial score (nSPS) is 18.4. The third-order valence-corrected chi connectivity index (χ3v) is 9.68. The van der Waals surface area contributed by atoms with Gasteiger partial charge in [0.15, 0.2) is 11.5 Å². The van der Waals surface area contributed by atoms with E-state index in [9.17, 15) is 39.5 Å². The monoisotopic (exact) mass is 780 g/mol. The molecule has 56 heavy (non-hydrogen) atoms. The number of nitrogens with one attached hydrogen (secondary N) is 1. The molecule has 0 bridgehead atoms. The minimum Gasteiger partial charge on any atom is -0.493 e. The summed E-state index contributed by atoms with van der Waals surface area (Å²) in [5, 5.41) is 33.3. The number of unbranched alkanes of at least 4 members (excludes halogenated alkanes) is 5. The van der Waals surface area contributed by atoms with E-state index in [4.69, 9.17) is 14.2 Å². The van der Waals surface area contributed by atoms with Crippen LogP contribution in [0.25, 0.3) is 6.08 Å². The van der Waals surface area contributed by atoms with Crippen LogP contribution in [0.2, 0.25) is 0 Å². The maximum atomic E-state index is 12.8. The summed E-state index contributed by atoms with van der Waals surface area (Å²) in [5.74, 6) is -1.23. The number of esters is 2. The van der Waals surface area contributed by atoms with E-state index in [1.807, 2.05) is 12.2 Å². The number of methoxy groups -OCH3 is 1. The second-order valence-electron chi connectivity index (χ2n) is 14.1. The van der Waals surface area contributed by atoms with Gasteiger partial charge in [-0.3, -0.25) is 9.59 Å². The molecule has 5 atom stereocenters. The maximum Gasteiger partial charge on any atom is 0.336 e. The number of Topliss-reactive ketones (excluding diaryl/α,β-unsaturated/α-hetero) is 1. The predicted octanol–water partition coefficient (Wildman–Crippen LogP) is 6.62. The van der Waals surface area contributed by atoms with Crippen molar-refractivity contribution in [3.63, 3.8) is 0 Å². The smallest absolute Gasteiger partial charge is 0.336 e. The summed E-state index contributed by atoms with van der Waals surface area (Å²) in [4.78, 5) is 64.9. The first-order valence-electron chi connectivity index (χ1n) is 19.4. The van der Waals surface area contributed by atoms with Crippen LogP contribution in [-0.2, 0) is 30.6 Å². The molecule has 0 aromatic heterocycles. The molecule has 0 spiro atoms. The molecule has 1 aliphatic carbocycles. The number of hydrogen-bond acceptors (Lipinski definition) is 12. The Kier molecular flexibility index (Phi) is 19.8. The Morgan fingerprint density at radius 2 is 1.70 bits per heavy atom. The van der Waals surface area contributed by atoms with Gasteiger partial charge >= 0.3 is 11.9 Å². The fourth-order valence-electron chi connectivity index (χ4n) is 6.62. The Labute approximate surface area is 328 Å². The fraction of sp³-hybridized carbons (Fsp3) is 0.524. The average molecular weight is 781 g/mol. The van der Waals surface area contributed by atoms with E-state index >= 15 is 0 Å². The Balaban J connectivity index is 1.38. The highest BCUT2D eigenvalue weighted by Gasteiger charge is 2.40. The van der Waals surface area contributed by atoms with E-state index in [2.05, 4.69) is 17.1 Å². The lowest BCUT2D eigenvalue weighted by molar-refractivity contribution is -0.763. The Morgan fingerprint density at radius 1 is 0.929 bits per heavy atom. The standard InChI is InChI=1S/C42H56N2O12/c1-4-5-6-7-10-15-32(45)21-22-35-34(36(46)27-37(35)47)17-11-8-9-12-18-40(48)43-29(2)42(50)56-38-23-19-30(26-39(38)53-3)20-24-41(49)55-33-16-13-14-31(25-33)28-54-44(51)52/h8,11,13-14,16,19-20,23-26,29,34-37,46-47H,4-7,9-10,12,15,17-18,21-22,27-28H2,1-3H3,(H,43,48)/b11-8-,24-20+/t29?,34-,35-,36+,37-/m1/s1. The highest BCUT2D eigenvalue weighted by Crippen LogP contribution is 2.38. The number of aliphatic hydroxyl groups is 2. The summed E-state index contributed by atoms with van der Waals surface area (Å²) in [7, 11) is 1.39. The lowest BCUT2D eigenvalue weighted by atomic mass is 9.86. The second kappa shape index (κ2) is 24.4. The molecule has 1 unspecified atom stereocenters. The van der Waals surface area contributed by atoms with Crippen molar-refractivity contribution in [3.05, 3.63) is 81.9 Å². The Hall–Kier alpha value is -5.08. The summed E-state index contributed by atoms with van der Waals surface area (Å²) in [6.07, 6.45) is 14.6. The van der Waals surface area contributed by atoms with Crippen LogP contribution in [0.4, 0.5) is 0 Å². The molecule has 1 saturated carbocycles.